The Morgan fingerprint density at radius 1 is 1.05 bits per heavy atom. The van der Waals surface area contributed by atoms with Crippen LogP contribution in [0.5, 0.6) is 0 Å². The molecule has 0 aromatic carbocycles. The van der Waals surface area contributed by atoms with Crippen LogP contribution in [0.15, 0.2) is 24.3 Å². The van der Waals surface area contributed by atoms with Crippen LogP contribution in [0, 0.1) is 24.2 Å². The minimum atomic E-state index is -0.427. The highest BCUT2D eigenvalue weighted by molar-refractivity contribution is 5.81. The SMILES string of the molecule is C#CC(C=C(C)C(CCC)CCCCC)CC(C)OC(=O)CNC(=O)CC.C1CCCCC1.C=CC.O=CO. The third-order valence-corrected chi connectivity index (χ3v) is 6.28. The number of rotatable bonds is 14. The number of ether oxygens (including phenoxy) is 1. The lowest BCUT2D eigenvalue weighted by molar-refractivity contribution is -0.148. The van der Waals surface area contributed by atoms with Gasteiger partial charge in [-0.3, -0.25) is 14.4 Å². The van der Waals surface area contributed by atoms with E-state index in [2.05, 4.69) is 44.7 Å². The highest BCUT2D eigenvalue weighted by atomic mass is 16.5. The normalized spacial score (nSPS) is 14.5. The van der Waals surface area contributed by atoms with E-state index in [-0.39, 0.29) is 30.9 Å². The second-order valence-corrected chi connectivity index (χ2v) is 9.97. The first-order chi connectivity index (χ1) is 18.7. The quantitative estimate of drug-likeness (QED) is 0.0748. The van der Waals surface area contributed by atoms with Crippen molar-refractivity contribution in [2.45, 2.75) is 138 Å². The molecule has 6 nitrogen and oxygen atoms in total. The van der Waals surface area contributed by atoms with Crippen molar-refractivity contribution in [1.82, 2.24) is 5.32 Å². The minimum Gasteiger partial charge on any atom is -0.483 e. The molecule has 0 bridgehead atoms. The van der Waals surface area contributed by atoms with Crippen LogP contribution in [0.1, 0.15) is 131 Å². The van der Waals surface area contributed by atoms with E-state index in [0.29, 0.717) is 18.8 Å². The van der Waals surface area contributed by atoms with Gasteiger partial charge < -0.3 is 15.2 Å². The number of esters is 1. The number of carbonyl (C=O) groups is 3. The van der Waals surface area contributed by atoms with E-state index in [9.17, 15) is 9.59 Å². The Bertz CT molecular complexity index is 659. The van der Waals surface area contributed by atoms with Crippen molar-refractivity contribution >= 4 is 18.3 Å². The monoisotopic (exact) mass is 549 g/mol. The lowest BCUT2D eigenvalue weighted by Gasteiger charge is -2.20. The molecule has 0 aromatic heterocycles. The Balaban J connectivity index is -0.000000885. The molecule has 1 amide bonds. The van der Waals surface area contributed by atoms with Crippen molar-refractivity contribution in [2.24, 2.45) is 11.8 Å². The van der Waals surface area contributed by atoms with Gasteiger partial charge in [0.2, 0.25) is 5.91 Å². The number of allylic oxidation sites excluding steroid dienone is 3. The van der Waals surface area contributed by atoms with Gasteiger partial charge in [-0.15, -0.1) is 13.0 Å². The number of carboxylic acid groups (broad SMARTS) is 1. The molecule has 6 heteroatoms. The van der Waals surface area contributed by atoms with E-state index in [0.717, 1.165) is 0 Å². The second-order valence-electron chi connectivity index (χ2n) is 9.97. The van der Waals surface area contributed by atoms with Gasteiger partial charge in [-0.05, 0) is 39.5 Å². The first-order valence-electron chi connectivity index (χ1n) is 15.0. The second kappa shape index (κ2) is 31.7. The number of carbonyl (C=O) groups excluding carboxylic acids is 2. The molecule has 39 heavy (non-hydrogen) atoms. The Kier molecular flexibility index (Phi) is 33.2. The zero-order valence-corrected chi connectivity index (χ0v) is 25.9. The molecule has 0 aliphatic heterocycles. The topological polar surface area (TPSA) is 92.7 Å². The average Bonchev–Trinajstić information content (AvgIpc) is 2.93. The van der Waals surface area contributed by atoms with Gasteiger partial charge in [-0.2, -0.15) is 0 Å². The zero-order chi connectivity index (χ0) is 30.3. The van der Waals surface area contributed by atoms with Gasteiger partial charge in [0.05, 0.1) is 0 Å². The van der Waals surface area contributed by atoms with Gasteiger partial charge >= 0.3 is 5.97 Å². The van der Waals surface area contributed by atoms with E-state index < -0.39 is 5.97 Å². The summed E-state index contributed by atoms with van der Waals surface area (Å²) in [5.74, 6) is 2.76. The molecule has 2 N–H and O–H groups in total. The summed E-state index contributed by atoms with van der Waals surface area (Å²) < 4.78 is 5.37. The predicted octanol–water partition coefficient (Wildman–Crippen LogP) is 8.26. The van der Waals surface area contributed by atoms with Gasteiger partial charge in [0, 0.05) is 18.8 Å². The van der Waals surface area contributed by atoms with Crippen LogP contribution in [0.25, 0.3) is 0 Å². The van der Waals surface area contributed by atoms with Gasteiger partial charge in [0.1, 0.15) is 12.6 Å². The number of hydrogen-bond acceptors (Lipinski definition) is 4. The fraction of sp³-hybridized carbons (Fsp3) is 0.727. The molecule has 1 aliphatic rings. The standard InChI is InChI=1S/C23H39NO3.C6H12.C3H6.CH2O2/c1-7-11-12-14-21(13-8-2)18(5)15-20(9-3)16-19(6)27-23(26)17-24-22(25)10-4;1-2-4-6-5-3-1;1-3-2;2-1-3/h3,15,19-21H,7-8,10-14,16-17H2,1-2,4-6H3,(H,24,25);1-6H2;3H,1H2,2H3;1H,(H,2,3). The molecule has 1 aliphatic carbocycles. The number of hydrogen-bond donors (Lipinski definition) is 2. The third-order valence-electron chi connectivity index (χ3n) is 6.28. The Morgan fingerprint density at radius 2 is 1.56 bits per heavy atom. The summed E-state index contributed by atoms with van der Waals surface area (Å²) in [6.07, 6.45) is 26.6. The third kappa shape index (κ3) is 29.9. The molecular weight excluding hydrogens is 490 g/mol. The van der Waals surface area contributed by atoms with Gasteiger partial charge in [0.25, 0.3) is 6.47 Å². The molecule has 1 saturated carbocycles. The average molecular weight is 550 g/mol. The van der Waals surface area contributed by atoms with Crippen LogP contribution >= 0.6 is 0 Å². The summed E-state index contributed by atoms with van der Waals surface area (Å²) >= 11 is 0. The predicted molar refractivity (Wildman–Crippen MR) is 164 cm³/mol. The van der Waals surface area contributed by atoms with Crippen molar-refractivity contribution < 1.29 is 24.2 Å². The minimum absolute atomic E-state index is 0.0523. The van der Waals surface area contributed by atoms with E-state index in [1.54, 1.807) is 13.0 Å². The number of nitrogens with one attached hydrogen (secondary N) is 1. The van der Waals surface area contributed by atoms with Crippen molar-refractivity contribution in [1.29, 1.82) is 0 Å². The van der Waals surface area contributed by atoms with Crippen LogP contribution < -0.4 is 5.32 Å². The molecule has 3 unspecified atom stereocenters. The largest absolute Gasteiger partial charge is 0.483 e. The number of unbranched alkanes of at least 4 members (excludes halogenated alkanes) is 2. The van der Waals surface area contributed by atoms with Crippen LogP contribution in [-0.4, -0.2) is 36.1 Å². The van der Waals surface area contributed by atoms with E-state index >= 15 is 0 Å². The molecule has 1 rings (SSSR count). The lowest BCUT2D eigenvalue weighted by atomic mass is 9.87. The van der Waals surface area contributed by atoms with Crippen LogP contribution in [0.4, 0.5) is 0 Å². The summed E-state index contributed by atoms with van der Waals surface area (Å²) in [5, 5.41) is 9.41. The summed E-state index contributed by atoms with van der Waals surface area (Å²) in [7, 11) is 0. The van der Waals surface area contributed by atoms with E-state index in [4.69, 9.17) is 21.1 Å². The Hall–Kier alpha value is -2.55. The maximum atomic E-state index is 11.8. The van der Waals surface area contributed by atoms with Crippen molar-refractivity contribution in [3.63, 3.8) is 0 Å². The maximum Gasteiger partial charge on any atom is 0.325 e. The molecule has 1 fully saturated rings. The van der Waals surface area contributed by atoms with E-state index in [1.165, 1.54) is 82.6 Å². The van der Waals surface area contributed by atoms with E-state index in [1.807, 2.05) is 13.8 Å². The van der Waals surface area contributed by atoms with Crippen LogP contribution in [0.2, 0.25) is 0 Å². The first kappa shape index (κ1) is 40.9. The first-order valence-corrected chi connectivity index (χ1v) is 15.0. The molecule has 3 atom stereocenters. The summed E-state index contributed by atoms with van der Waals surface area (Å²) in [4.78, 5) is 31.4. The highest BCUT2D eigenvalue weighted by Gasteiger charge is 2.16. The summed E-state index contributed by atoms with van der Waals surface area (Å²) in [6, 6.07) is 0. The van der Waals surface area contributed by atoms with Crippen molar-refractivity contribution in [3.8, 4) is 12.3 Å². The maximum absolute atomic E-state index is 11.8. The van der Waals surface area contributed by atoms with Crippen molar-refractivity contribution in [2.75, 3.05) is 6.54 Å². The van der Waals surface area contributed by atoms with Crippen LogP contribution in [-0.2, 0) is 19.1 Å². The Morgan fingerprint density at radius 3 is 1.97 bits per heavy atom. The number of amides is 1. The Labute approximate surface area is 240 Å². The molecule has 0 radical (unpaired) electrons. The van der Waals surface area contributed by atoms with Crippen LogP contribution in [0.3, 0.4) is 0 Å². The molecule has 226 valence electrons. The molecular formula is C33H59NO5. The number of terminal acetylenes is 1. The lowest BCUT2D eigenvalue weighted by Crippen LogP contribution is -2.31. The molecule has 0 saturated heterocycles. The van der Waals surface area contributed by atoms with Gasteiger partial charge in [-0.1, -0.05) is 109 Å². The molecule has 0 spiro atoms. The molecule has 0 heterocycles. The fourth-order valence-corrected chi connectivity index (χ4v) is 4.25. The summed E-state index contributed by atoms with van der Waals surface area (Å²) in [6.45, 7) is 15.1. The fourth-order valence-electron chi connectivity index (χ4n) is 4.25. The highest BCUT2D eigenvalue weighted by Crippen LogP contribution is 2.26. The van der Waals surface area contributed by atoms with Crippen molar-refractivity contribution in [3.05, 3.63) is 24.3 Å². The smallest absolute Gasteiger partial charge is 0.325 e. The molecule has 0 aromatic rings. The summed E-state index contributed by atoms with van der Waals surface area (Å²) in [5.41, 5.74) is 1.35. The zero-order valence-electron chi connectivity index (χ0n) is 25.9. The van der Waals surface area contributed by atoms with Gasteiger partial charge in [-0.25, -0.2) is 0 Å². The van der Waals surface area contributed by atoms with Gasteiger partial charge in [0.15, 0.2) is 0 Å².